The van der Waals surface area contributed by atoms with Crippen LogP contribution in [0.3, 0.4) is 0 Å². The second-order valence-electron chi connectivity index (χ2n) is 7.76. The molecule has 0 aliphatic rings. The second kappa shape index (κ2) is 9.97. The number of nitrogens with one attached hydrogen (secondary N) is 1. The third kappa shape index (κ3) is 4.96. The summed E-state index contributed by atoms with van der Waals surface area (Å²) in [6.45, 7) is 6.42. The third-order valence-electron chi connectivity index (χ3n) is 5.56. The summed E-state index contributed by atoms with van der Waals surface area (Å²) in [5, 5.41) is 4.63. The molecule has 0 atom stereocenters. The molecule has 3 aromatic carbocycles. The van der Waals surface area contributed by atoms with Gasteiger partial charge in [0.05, 0.1) is 12.9 Å². The van der Waals surface area contributed by atoms with Gasteiger partial charge in [-0.05, 0) is 61.2 Å². The van der Waals surface area contributed by atoms with Crippen molar-refractivity contribution in [1.29, 1.82) is 0 Å². The van der Waals surface area contributed by atoms with Gasteiger partial charge in [0.25, 0.3) is 0 Å². The first kappa shape index (κ1) is 22.7. The van der Waals surface area contributed by atoms with E-state index in [1.807, 2.05) is 74.5 Å². The van der Waals surface area contributed by atoms with Gasteiger partial charge in [-0.3, -0.25) is 4.79 Å². The number of carbonyl (C=O) groups excluding carboxylic acids is 1. The van der Waals surface area contributed by atoms with Crippen LogP contribution in [0.25, 0.3) is 27.7 Å². The summed E-state index contributed by atoms with van der Waals surface area (Å²) in [5.41, 5.74) is 6.26. The number of rotatable bonds is 7. The Kier molecular flexibility index (Phi) is 6.85. The molecular formula is C28H26ClNO3. The summed E-state index contributed by atoms with van der Waals surface area (Å²) < 4.78 is 11.7. The van der Waals surface area contributed by atoms with Gasteiger partial charge in [0.15, 0.2) is 0 Å². The van der Waals surface area contributed by atoms with Crippen molar-refractivity contribution in [3.63, 3.8) is 0 Å². The van der Waals surface area contributed by atoms with Gasteiger partial charge in [0, 0.05) is 39.4 Å². The Morgan fingerprint density at radius 2 is 1.85 bits per heavy atom. The van der Waals surface area contributed by atoms with Crippen molar-refractivity contribution < 1.29 is 13.9 Å². The Morgan fingerprint density at radius 3 is 2.58 bits per heavy atom. The molecule has 0 radical (unpaired) electrons. The maximum Gasteiger partial charge on any atom is 0.248 e. The highest BCUT2D eigenvalue weighted by molar-refractivity contribution is 6.30. The van der Waals surface area contributed by atoms with Crippen molar-refractivity contribution in [2.24, 2.45) is 0 Å². The molecule has 0 saturated heterocycles. The fourth-order valence-electron chi connectivity index (χ4n) is 3.88. The van der Waals surface area contributed by atoms with Crippen LogP contribution in [0.1, 0.15) is 31.9 Å². The van der Waals surface area contributed by atoms with Crippen LogP contribution < -0.4 is 10.1 Å². The van der Waals surface area contributed by atoms with E-state index in [4.69, 9.17) is 20.8 Å². The van der Waals surface area contributed by atoms with E-state index in [9.17, 15) is 4.79 Å². The summed E-state index contributed by atoms with van der Waals surface area (Å²) in [7, 11) is 0. The Labute approximate surface area is 198 Å². The van der Waals surface area contributed by atoms with Crippen LogP contribution in [0.4, 0.5) is 5.69 Å². The lowest BCUT2D eigenvalue weighted by Gasteiger charge is -2.12. The zero-order valence-electron chi connectivity index (χ0n) is 18.9. The molecule has 5 heteroatoms. The molecule has 168 valence electrons. The number of allylic oxidation sites excluding steroid dienone is 1. The van der Waals surface area contributed by atoms with Gasteiger partial charge < -0.3 is 14.5 Å². The molecule has 0 fully saturated rings. The van der Waals surface area contributed by atoms with Crippen LogP contribution >= 0.6 is 11.6 Å². The molecule has 33 heavy (non-hydrogen) atoms. The third-order valence-corrected chi connectivity index (χ3v) is 5.81. The van der Waals surface area contributed by atoms with Gasteiger partial charge in [0.2, 0.25) is 5.91 Å². The lowest BCUT2D eigenvalue weighted by Crippen LogP contribution is -2.10. The summed E-state index contributed by atoms with van der Waals surface area (Å²) in [6.07, 6.45) is 4.19. The number of aryl methyl sites for hydroxylation is 1. The quantitative estimate of drug-likeness (QED) is 0.287. The van der Waals surface area contributed by atoms with Crippen molar-refractivity contribution in [3.8, 4) is 16.9 Å². The molecule has 1 aromatic heterocycles. The minimum absolute atomic E-state index is 0.180. The number of benzene rings is 3. The van der Waals surface area contributed by atoms with Crippen LogP contribution in [0, 0.1) is 0 Å². The van der Waals surface area contributed by atoms with Crippen LogP contribution in [-0.4, -0.2) is 12.5 Å². The molecule has 4 rings (SSSR count). The molecule has 0 aliphatic carbocycles. The van der Waals surface area contributed by atoms with Crippen molar-refractivity contribution in [1.82, 2.24) is 0 Å². The summed E-state index contributed by atoms with van der Waals surface area (Å²) in [4.78, 5) is 12.8. The average Bonchev–Trinajstić information content (AvgIpc) is 3.22. The van der Waals surface area contributed by atoms with Gasteiger partial charge >= 0.3 is 0 Å². The minimum atomic E-state index is -0.180. The number of hydrogen-bond donors (Lipinski definition) is 1. The SMILES string of the molecule is CCOc1cc2occ(-c3ccc(Cl)cc3)c2cc1/C(C)=C/C(=O)Nc1ccccc1CC. The maximum absolute atomic E-state index is 12.8. The molecule has 4 nitrogen and oxygen atoms in total. The van der Waals surface area contributed by atoms with Crippen molar-refractivity contribution >= 4 is 39.7 Å². The van der Waals surface area contributed by atoms with E-state index in [-0.39, 0.29) is 5.91 Å². The number of para-hydroxylation sites is 1. The Bertz CT molecular complexity index is 1320. The molecule has 0 aliphatic heterocycles. The molecule has 0 bridgehead atoms. The van der Waals surface area contributed by atoms with Gasteiger partial charge in [-0.25, -0.2) is 0 Å². The number of amides is 1. The smallest absolute Gasteiger partial charge is 0.248 e. The maximum atomic E-state index is 12.8. The normalized spacial score (nSPS) is 11.6. The highest BCUT2D eigenvalue weighted by Crippen LogP contribution is 2.37. The first-order chi connectivity index (χ1) is 16.0. The van der Waals surface area contributed by atoms with Gasteiger partial charge in [-0.2, -0.15) is 0 Å². The van der Waals surface area contributed by atoms with Crippen LogP contribution in [0.5, 0.6) is 5.75 Å². The number of anilines is 1. The van der Waals surface area contributed by atoms with Crippen molar-refractivity contribution in [2.75, 3.05) is 11.9 Å². The first-order valence-electron chi connectivity index (χ1n) is 11.0. The molecule has 0 saturated carbocycles. The molecular weight excluding hydrogens is 434 g/mol. The largest absolute Gasteiger partial charge is 0.493 e. The van der Waals surface area contributed by atoms with Gasteiger partial charge in [-0.1, -0.05) is 48.9 Å². The molecule has 0 unspecified atom stereocenters. The average molecular weight is 460 g/mol. The lowest BCUT2D eigenvalue weighted by atomic mass is 9.99. The van der Waals surface area contributed by atoms with Crippen LogP contribution in [0.2, 0.25) is 5.02 Å². The van der Waals surface area contributed by atoms with E-state index in [0.29, 0.717) is 17.4 Å². The first-order valence-corrected chi connectivity index (χ1v) is 11.4. The van der Waals surface area contributed by atoms with Gasteiger partial charge in [0.1, 0.15) is 11.3 Å². The molecule has 1 N–H and O–H groups in total. The second-order valence-corrected chi connectivity index (χ2v) is 8.20. The van der Waals surface area contributed by atoms with Gasteiger partial charge in [-0.15, -0.1) is 0 Å². The Morgan fingerprint density at radius 1 is 1.09 bits per heavy atom. The standard InChI is InChI=1S/C28H26ClNO3/c1-4-19-8-6-7-9-25(19)30-28(31)14-18(3)22-15-23-24(20-10-12-21(29)13-11-20)17-33-27(23)16-26(22)32-5-2/h6-17H,4-5H2,1-3H3,(H,30,31)/b18-14+. The number of ether oxygens (including phenoxy) is 1. The van der Waals surface area contributed by atoms with E-state index >= 15 is 0 Å². The molecule has 1 amide bonds. The number of fused-ring (bicyclic) bond motifs is 1. The fraction of sp³-hybridized carbons (Fsp3) is 0.179. The predicted octanol–water partition coefficient (Wildman–Crippen LogP) is 7.76. The number of furan rings is 1. The van der Waals surface area contributed by atoms with Crippen LogP contribution in [0.15, 0.2) is 77.4 Å². The van der Waals surface area contributed by atoms with E-state index < -0.39 is 0 Å². The summed E-state index contributed by atoms with van der Waals surface area (Å²) in [6, 6.07) is 19.4. The van der Waals surface area contributed by atoms with Crippen molar-refractivity contribution in [2.45, 2.75) is 27.2 Å². The number of carbonyl (C=O) groups is 1. The zero-order chi connectivity index (χ0) is 23.4. The Hall–Kier alpha value is -3.50. The summed E-state index contributed by atoms with van der Waals surface area (Å²) >= 11 is 6.05. The van der Waals surface area contributed by atoms with E-state index in [2.05, 4.69) is 12.2 Å². The topological polar surface area (TPSA) is 51.5 Å². The highest BCUT2D eigenvalue weighted by atomic mass is 35.5. The van der Waals surface area contributed by atoms with E-state index in [1.54, 1.807) is 12.3 Å². The molecule has 4 aromatic rings. The predicted molar refractivity (Wildman–Crippen MR) is 136 cm³/mol. The number of halogens is 1. The summed E-state index contributed by atoms with van der Waals surface area (Å²) in [5.74, 6) is 0.499. The number of hydrogen-bond acceptors (Lipinski definition) is 3. The molecule has 0 spiro atoms. The van der Waals surface area contributed by atoms with E-state index in [1.165, 1.54) is 0 Å². The zero-order valence-corrected chi connectivity index (χ0v) is 19.7. The van der Waals surface area contributed by atoms with Crippen molar-refractivity contribution in [3.05, 3.63) is 89.2 Å². The Balaban J connectivity index is 1.72. The molecule has 1 heterocycles. The minimum Gasteiger partial charge on any atom is -0.493 e. The van der Waals surface area contributed by atoms with E-state index in [0.717, 1.165) is 50.9 Å². The lowest BCUT2D eigenvalue weighted by molar-refractivity contribution is -0.111. The highest BCUT2D eigenvalue weighted by Gasteiger charge is 2.15. The fourth-order valence-corrected chi connectivity index (χ4v) is 4.01. The monoisotopic (exact) mass is 459 g/mol. The van der Waals surface area contributed by atoms with Crippen LogP contribution in [-0.2, 0) is 11.2 Å².